The highest BCUT2D eigenvalue weighted by atomic mass is 35.5. The molecule has 21 heavy (non-hydrogen) atoms. The molecule has 1 fully saturated rings. The maximum Gasteiger partial charge on any atom is 0.258 e. The van der Waals surface area contributed by atoms with E-state index < -0.39 is 29.1 Å². The van der Waals surface area contributed by atoms with Crippen LogP contribution in [0.3, 0.4) is 0 Å². The van der Waals surface area contributed by atoms with Crippen molar-refractivity contribution in [2.24, 2.45) is 0 Å². The Balaban J connectivity index is 0.00000200. The number of phenols is 1. The van der Waals surface area contributed by atoms with E-state index in [9.17, 15) is 18.3 Å². The molecule has 1 saturated heterocycles. The van der Waals surface area contributed by atoms with E-state index in [1.54, 1.807) is 4.90 Å². The summed E-state index contributed by atoms with van der Waals surface area (Å²) in [5.74, 6) is -1.43. The Morgan fingerprint density at radius 2 is 1.76 bits per heavy atom. The Bertz CT molecular complexity index is 460. The van der Waals surface area contributed by atoms with Crippen molar-refractivity contribution in [3.05, 3.63) is 28.5 Å². The molecule has 1 atom stereocenters. The number of hydrogen-bond acceptors (Lipinski definition) is 3. The van der Waals surface area contributed by atoms with Gasteiger partial charge in [0.1, 0.15) is 22.6 Å². The van der Waals surface area contributed by atoms with Crippen LogP contribution >= 0.6 is 36.4 Å². The molecule has 0 aliphatic carbocycles. The van der Waals surface area contributed by atoms with E-state index in [-0.39, 0.29) is 30.4 Å². The molecule has 3 nitrogen and oxygen atoms in total. The zero-order chi connectivity index (χ0) is 14.0. The fraction of sp³-hybridized carbons (Fsp3) is 0.500. The second-order valence-electron chi connectivity index (χ2n) is 4.36. The maximum atomic E-state index is 13.3. The molecule has 2 N–H and O–H groups in total. The predicted molar refractivity (Wildman–Crippen MR) is 80.8 cm³/mol. The predicted octanol–water partition coefficient (Wildman–Crippen LogP) is 3.24. The average Bonchev–Trinajstić information content (AvgIpc) is 2.40. The van der Waals surface area contributed by atoms with Gasteiger partial charge in [-0.15, -0.1) is 24.8 Å². The van der Waals surface area contributed by atoms with E-state index in [1.807, 2.05) is 0 Å². The van der Waals surface area contributed by atoms with Crippen molar-refractivity contribution in [3.8, 4) is 5.75 Å². The van der Waals surface area contributed by atoms with Gasteiger partial charge in [0, 0.05) is 31.7 Å². The Kier molecular flexibility index (Phi) is 8.73. The monoisotopic (exact) mass is 366 g/mol. The van der Waals surface area contributed by atoms with Crippen molar-refractivity contribution < 1.29 is 18.3 Å². The van der Waals surface area contributed by atoms with Crippen LogP contribution in [0.15, 0.2) is 12.1 Å². The van der Waals surface area contributed by atoms with E-state index in [4.69, 9.17) is 11.6 Å². The molecule has 1 aliphatic rings. The smallest absolute Gasteiger partial charge is 0.258 e. The van der Waals surface area contributed by atoms with Crippen molar-refractivity contribution in [1.29, 1.82) is 0 Å². The zero-order valence-corrected chi connectivity index (χ0v) is 13.2. The Labute approximate surface area is 138 Å². The summed E-state index contributed by atoms with van der Waals surface area (Å²) in [4.78, 5) is 1.56. The van der Waals surface area contributed by atoms with Crippen LogP contribution in [0.1, 0.15) is 11.6 Å². The number of benzene rings is 1. The lowest BCUT2D eigenvalue weighted by atomic mass is 10.0. The molecule has 1 heterocycles. The number of aromatic hydroxyl groups is 1. The standard InChI is InChI=1S/C12H14ClF3N2O.2ClH/c13-9-8(14)2-1-7(11(9)19)10(12(15)16)18-5-3-17-4-6-18;;/h1-2,10,12,17,19H,3-6H2;2*1H/t10-;;/m1../s1. The van der Waals surface area contributed by atoms with Gasteiger partial charge in [-0.05, 0) is 6.07 Å². The quantitative estimate of drug-likeness (QED) is 0.861. The number of alkyl halides is 2. The highest BCUT2D eigenvalue weighted by Crippen LogP contribution is 2.38. The van der Waals surface area contributed by atoms with Gasteiger partial charge in [0.25, 0.3) is 6.43 Å². The molecule has 1 aliphatic heterocycles. The van der Waals surface area contributed by atoms with E-state index in [0.717, 1.165) is 12.1 Å². The molecule has 9 heteroatoms. The van der Waals surface area contributed by atoms with Crippen molar-refractivity contribution >= 4 is 36.4 Å². The second-order valence-corrected chi connectivity index (χ2v) is 4.74. The van der Waals surface area contributed by atoms with Gasteiger partial charge in [-0.25, -0.2) is 13.2 Å². The second kappa shape index (κ2) is 8.90. The number of rotatable bonds is 3. The SMILES string of the molecule is Cl.Cl.Oc1c([C@H](C(F)F)N2CCNCC2)ccc(F)c1Cl. The largest absolute Gasteiger partial charge is 0.506 e. The van der Waals surface area contributed by atoms with Gasteiger partial charge in [0.2, 0.25) is 0 Å². The normalized spacial score (nSPS) is 17.0. The summed E-state index contributed by atoms with van der Waals surface area (Å²) in [6.07, 6.45) is -2.69. The lowest BCUT2D eigenvalue weighted by Gasteiger charge is -2.35. The number of halogens is 6. The minimum Gasteiger partial charge on any atom is -0.506 e. The lowest BCUT2D eigenvalue weighted by molar-refractivity contribution is 0.0170. The molecule has 1 aromatic carbocycles. The first-order valence-corrected chi connectivity index (χ1v) is 6.30. The van der Waals surface area contributed by atoms with Crippen LogP contribution in [-0.4, -0.2) is 42.6 Å². The van der Waals surface area contributed by atoms with Crippen molar-refractivity contribution in [3.63, 3.8) is 0 Å². The van der Waals surface area contributed by atoms with Crippen LogP contribution in [0.5, 0.6) is 5.75 Å². The fourth-order valence-corrected chi connectivity index (χ4v) is 2.42. The van der Waals surface area contributed by atoms with E-state index >= 15 is 0 Å². The van der Waals surface area contributed by atoms with Gasteiger partial charge in [0.15, 0.2) is 0 Å². The molecule has 1 aromatic rings. The third-order valence-corrected chi connectivity index (χ3v) is 3.56. The summed E-state index contributed by atoms with van der Waals surface area (Å²) in [6, 6.07) is 0.880. The van der Waals surface area contributed by atoms with Crippen LogP contribution in [0, 0.1) is 5.82 Å². The third kappa shape index (κ3) is 4.53. The first-order valence-electron chi connectivity index (χ1n) is 5.92. The minimum absolute atomic E-state index is 0. The van der Waals surface area contributed by atoms with Crippen LogP contribution in [0.4, 0.5) is 13.2 Å². The molecular weight excluding hydrogens is 351 g/mol. The van der Waals surface area contributed by atoms with E-state index in [0.29, 0.717) is 26.2 Å². The van der Waals surface area contributed by atoms with Gasteiger partial charge in [-0.1, -0.05) is 17.7 Å². The van der Waals surface area contributed by atoms with Crippen molar-refractivity contribution in [1.82, 2.24) is 10.2 Å². The Morgan fingerprint density at radius 3 is 2.29 bits per heavy atom. The molecule has 0 spiro atoms. The minimum atomic E-state index is -2.69. The molecule has 0 saturated carbocycles. The molecule has 0 bridgehead atoms. The van der Waals surface area contributed by atoms with Crippen molar-refractivity contribution in [2.45, 2.75) is 12.5 Å². The van der Waals surface area contributed by atoms with Gasteiger partial charge in [-0.2, -0.15) is 0 Å². The maximum absolute atomic E-state index is 13.3. The number of phenolic OH excluding ortho intramolecular Hbond substituents is 1. The topological polar surface area (TPSA) is 35.5 Å². The highest BCUT2D eigenvalue weighted by molar-refractivity contribution is 6.32. The molecular formula is C12H16Cl3F3N2O. The van der Waals surface area contributed by atoms with E-state index in [2.05, 4.69) is 5.32 Å². The van der Waals surface area contributed by atoms with Crippen LogP contribution in [-0.2, 0) is 0 Å². The van der Waals surface area contributed by atoms with Gasteiger partial charge < -0.3 is 10.4 Å². The van der Waals surface area contributed by atoms with Gasteiger partial charge >= 0.3 is 0 Å². The number of piperazine rings is 1. The highest BCUT2D eigenvalue weighted by Gasteiger charge is 2.33. The Morgan fingerprint density at radius 1 is 1.19 bits per heavy atom. The van der Waals surface area contributed by atoms with Crippen LogP contribution in [0.25, 0.3) is 0 Å². The van der Waals surface area contributed by atoms with Gasteiger partial charge in [-0.3, -0.25) is 4.90 Å². The fourth-order valence-electron chi connectivity index (χ4n) is 2.25. The van der Waals surface area contributed by atoms with Crippen LogP contribution in [0.2, 0.25) is 5.02 Å². The number of nitrogens with zero attached hydrogens (tertiary/aromatic N) is 1. The number of nitrogens with one attached hydrogen (secondary N) is 1. The van der Waals surface area contributed by atoms with E-state index in [1.165, 1.54) is 0 Å². The summed E-state index contributed by atoms with van der Waals surface area (Å²) in [5.41, 5.74) is -0.0386. The summed E-state index contributed by atoms with van der Waals surface area (Å²) in [6.45, 7) is 2.06. The Hall–Kier alpha value is -0.400. The molecule has 0 unspecified atom stereocenters. The summed E-state index contributed by atoms with van der Waals surface area (Å²) in [7, 11) is 0. The number of hydrogen-bond donors (Lipinski definition) is 2. The van der Waals surface area contributed by atoms with Crippen LogP contribution < -0.4 is 5.32 Å². The summed E-state index contributed by atoms with van der Waals surface area (Å²) < 4.78 is 39.7. The summed E-state index contributed by atoms with van der Waals surface area (Å²) >= 11 is 5.57. The zero-order valence-electron chi connectivity index (χ0n) is 10.9. The average molecular weight is 368 g/mol. The molecule has 0 radical (unpaired) electrons. The first-order chi connectivity index (χ1) is 9.02. The van der Waals surface area contributed by atoms with Gasteiger partial charge in [0.05, 0.1) is 0 Å². The molecule has 122 valence electrons. The lowest BCUT2D eigenvalue weighted by Crippen LogP contribution is -2.46. The first kappa shape index (κ1) is 20.6. The molecule has 2 rings (SSSR count). The third-order valence-electron chi connectivity index (χ3n) is 3.20. The molecule has 0 aromatic heterocycles. The van der Waals surface area contributed by atoms with Crippen molar-refractivity contribution in [2.75, 3.05) is 26.2 Å². The molecule has 0 amide bonds. The summed E-state index contributed by atoms with van der Waals surface area (Å²) in [5, 5.41) is 12.3.